The smallest absolute Gasteiger partial charge is 0.416 e. The Morgan fingerprint density at radius 2 is 1.85 bits per heavy atom. The summed E-state index contributed by atoms with van der Waals surface area (Å²) < 4.78 is 45.8. The molecule has 0 saturated carbocycles. The van der Waals surface area contributed by atoms with Crippen LogP contribution >= 0.6 is 0 Å². The lowest BCUT2D eigenvalue weighted by molar-refractivity contribution is -0.140. The van der Waals surface area contributed by atoms with Crippen LogP contribution in [0, 0.1) is 11.3 Å². The number of carbonyl (C=O) groups excluding carboxylic acids is 3. The minimum atomic E-state index is -4.69. The van der Waals surface area contributed by atoms with Crippen molar-refractivity contribution in [1.29, 1.82) is 5.26 Å². The first-order chi connectivity index (χ1) is 18.4. The normalized spacial score (nSPS) is 15.7. The molecule has 1 heterocycles. The third kappa shape index (κ3) is 6.21. The third-order valence-corrected chi connectivity index (χ3v) is 6.20. The van der Waals surface area contributed by atoms with Crippen molar-refractivity contribution >= 4 is 23.6 Å². The van der Waals surface area contributed by atoms with E-state index in [2.05, 4.69) is 0 Å². The number of hydrogen-bond donors (Lipinski definition) is 1. The lowest BCUT2D eigenvalue weighted by Gasteiger charge is -2.43. The molecule has 0 bridgehead atoms. The number of benzene rings is 2. The molecule has 3 amide bonds. The highest BCUT2D eigenvalue weighted by molar-refractivity contribution is 6.04. The Bertz CT molecular complexity index is 1320. The molecular formula is C27H27F3N4O5. The highest BCUT2D eigenvalue weighted by Crippen LogP contribution is 2.41. The van der Waals surface area contributed by atoms with Gasteiger partial charge in [-0.25, -0.2) is 9.59 Å². The number of ether oxygens (including phenoxy) is 1. The largest absolute Gasteiger partial charge is 0.463 e. The highest BCUT2D eigenvalue weighted by atomic mass is 19.4. The van der Waals surface area contributed by atoms with Crippen LogP contribution in [0.2, 0.25) is 0 Å². The van der Waals surface area contributed by atoms with Gasteiger partial charge in [-0.3, -0.25) is 9.69 Å². The average Bonchev–Trinajstić information content (AvgIpc) is 2.90. The van der Waals surface area contributed by atoms with Gasteiger partial charge >= 0.3 is 18.2 Å². The molecule has 0 fully saturated rings. The molecule has 9 nitrogen and oxygen atoms in total. The van der Waals surface area contributed by atoms with Gasteiger partial charge in [-0.2, -0.15) is 18.4 Å². The van der Waals surface area contributed by atoms with Gasteiger partial charge in [0.05, 0.1) is 47.7 Å². The molecule has 0 spiro atoms. The van der Waals surface area contributed by atoms with Crippen molar-refractivity contribution in [3.8, 4) is 6.07 Å². The SMILES string of the molecule is CCOC(=O)C1=C(C)N(c2cccc(C(F)(F)F)c2)C(=O)N(CC(=O)N(C)CCO)[C@@H]1c1ccc(C#N)cc1. The first-order valence-corrected chi connectivity index (χ1v) is 11.9. The number of hydrogen-bond acceptors (Lipinski definition) is 6. The number of nitriles is 1. The summed E-state index contributed by atoms with van der Waals surface area (Å²) in [6.07, 6.45) is -4.69. The van der Waals surface area contributed by atoms with Crippen molar-refractivity contribution in [3.63, 3.8) is 0 Å². The molecule has 3 rings (SSSR count). The van der Waals surface area contributed by atoms with E-state index in [-0.39, 0.29) is 36.7 Å². The molecule has 1 aliphatic rings. The van der Waals surface area contributed by atoms with Crippen LogP contribution in [0.25, 0.3) is 0 Å². The predicted molar refractivity (Wildman–Crippen MR) is 134 cm³/mol. The van der Waals surface area contributed by atoms with Crippen molar-refractivity contribution in [2.75, 3.05) is 38.3 Å². The molecule has 0 unspecified atom stereocenters. The molecule has 39 heavy (non-hydrogen) atoms. The number of urea groups is 1. The number of amides is 3. The Hall–Kier alpha value is -4.37. The first-order valence-electron chi connectivity index (χ1n) is 11.9. The monoisotopic (exact) mass is 544 g/mol. The molecule has 0 radical (unpaired) electrons. The van der Waals surface area contributed by atoms with Crippen LogP contribution in [-0.4, -0.2) is 66.2 Å². The Kier molecular flexibility index (Phi) is 8.98. The molecule has 0 aromatic heterocycles. The number of allylic oxidation sites excluding steroid dienone is 1. The molecule has 12 heteroatoms. The number of halogens is 3. The molecule has 1 aliphatic heterocycles. The minimum absolute atomic E-state index is 0.0224. The number of esters is 1. The molecule has 2 aromatic carbocycles. The number of aliphatic hydroxyl groups is 1. The number of rotatable bonds is 8. The van der Waals surface area contributed by atoms with E-state index >= 15 is 0 Å². The van der Waals surface area contributed by atoms with Crippen molar-refractivity contribution in [1.82, 2.24) is 9.80 Å². The van der Waals surface area contributed by atoms with Crippen LogP contribution in [0.3, 0.4) is 0 Å². The minimum Gasteiger partial charge on any atom is -0.463 e. The lowest BCUT2D eigenvalue weighted by Crippen LogP contribution is -2.54. The van der Waals surface area contributed by atoms with Crippen molar-refractivity contribution < 1.29 is 37.4 Å². The Morgan fingerprint density at radius 1 is 1.18 bits per heavy atom. The number of likely N-dealkylation sites (N-methyl/N-ethyl adjacent to an activating group) is 1. The van der Waals surface area contributed by atoms with Crippen molar-refractivity contribution in [3.05, 3.63) is 76.5 Å². The zero-order valence-corrected chi connectivity index (χ0v) is 21.5. The van der Waals surface area contributed by atoms with Crippen LogP contribution in [0.15, 0.2) is 59.8 Å². The number of carbonyl (C=O) groups is 3. The first kappa shape index (κ1) is 29.2. The maximum atomic E-state index is 14.0. The quantitative estimate of drug-likeness (QED) is 0.505. The summed E-state index contributed by atoms with van der Waals surface area (Å²) >= 11 is 0. The predicted octanol–water partition coefficient (Wildman–Crippen LogP) is 3.85. The second-order valence-corrected chi connectivity index (χ2v) is 8.69. The number of anilines is 1. The molecule has 206 valence electrons. The fourth-order valence-corrected chi connectivity index (χ4v) is 4.24. The maximum Gasteiger partial charge on any atom is 0.416 e. The molecular weight excluding hydrogens is 517 g/mol. The number of alkyl halides is 3. The van der Waals surface area contributed by atoms with Crippen LogP contribution in [0.4, 0.5) is 23.7 Å². The fraction of sp³-hybridized carbons (Fsp3) is 0.333. The Morgan fingerprint density at radius 3 is 2.41 bits per heavy atom. The van der Waals surface area contributed by atoms with E-state index in [0.29, 0.717) is 11.1 Å². The zero-order valence-electron chi connectivity index (χ0n) is 21.5. The van der Waals surface area contributed by atoms with Crippen LogP contribution in [0.5, 0.6) is 0 Å². The standard InChI is InChI=1S/C27H27F3N4O5/c1-4-39-25(37)23-17(2)34(21-7-5-6-20(14-21)27(28,29)30)26(38)33(16-22(36)32(3)12-13-35)24(23)19-10-8-18(15-31)9-11-19/h5-11,14,24,35H,4,12-13,16H2,1-3H3/t24-/m1/s1. The average molecular weight is 545 g/mol. The van der Waals surface area contributed by atoms with Crippen LogP contribution in [-0.2, 0) is 20.5 Å². The highest BCUT2D eigenvalue weighted by Gasteiger charge is 2.44. The van der Waals surface area contributed by atoms with Gasteiger partial charge in [0, 0.05) is 19.3 Å². The summed E-state index contributed by atoms with van der Waals surface area (Å²) in [7, 11) is 1.42. The lowest BCUT2D eigenvalue weighted by atomic mass is 9.92. The molecule has 0 saturated heterocycles. The van der Waals surface area contributed by atoms with Gasteiger partial charge in [0.2, 0.25) is 5.91 Å². The van der Waals surface area contributed by atoms with E-state index in [4.69, 9.17) is 4.74 Å². The van der Waals surface area contributed by atoms with Gasteiger partial charge in [-0.05, 0) is 49.7 Å². The van der Waals surface area contributed by atoms with Gasteiger partial charge in [-0.15, -0.1) is 0 Å². The summed E-state index contributed by atoms with van der Waals surface area (Å²) in [6, 6.07) is 10.1. The zero-order chi connectivity index (χ0) is 28.9. The van der Waals surface area contributed by atoms with Gasteiger partial charge in [0.1, 0.15) is 6.54 Å². The molecule has 0 aliphatic carbocycles. The van der Waals surface area contributed by atoms with Crippen LogP contribution < -0.4 is 4.90 Å². The molecule has 2 aromatic rings. The van der Waals surface area contributed by atoms with Gasteiger partial charge in [0.25, 0.3) is 0 Å². The van der Waals surface area contributed by atoms with Crippen molar-refractivity contribution in [2.45, 2.75) is 26.1 Å². The summed E-state index contributed by atoms with van der Waals surface area (Å²) in [5.74, 6) is -1.40. The van der Waals surface area contributed by atoms with Gasteiger partial charge < -0.3 is 19.6 Å². The third-order valence-electron chi connectivity index (χ3n) is 6.20. The molecule has 1 N–H and O–H groups in total. The summed E-state index contributed by atoms with van der Waals surface area (Å²) in [5, 5.41) is 18.4. The van der Waals surface area contributed by atoms with E-state index in [1.54, 1.807) is 6.92 Å². The number of aliphatic hydroxyl groups excluding tert-OH is 1. The Balaban J connectivity index is 2.27. The summed E-state index contributed by atoms with van der Waals surface area (Å²) in [4.78, 5) is 43.5. The molecule has 1 atom stereocenters. The van der Waals surface area contributed by atoms with E-state index in [1.807, 2.05) is 6.07 Å². The maximum absolute atomic E-state index is 14.0. The van der Waals surface area contributed by atoms with Crippen LogP contribution in [0.1, 0.15) is 36.6 Å². The van der Waals surface area contributed by atoms with Gasteiger partial charge in [0.15, 0.2) is 0 Å². The van der Waals surface area contributed by atoms with Gasteiger partial charge in [-0.1, -0.05) is 18.2 Å². The second kappa shape index (κ2) is 12.0. The van der Waals surface area contributed by atoms with E-state index in [1.165, 1.54) is 49.2 Å². The van der Waals surface area contributed by atoms with Crippen molar-refractivity contribution in [2.24, 2.45) is 0 Å². The fourth-order valence-electron chi connectivity index (χ4n) is 4.24. The van der Waals surface area contributed by atoms with E-state index < -0.39 is 42.2 Å². The van der Waals surface area contributed by atoms with E-state index in [0.717, 1.165) is 28.0 Å². The summed E-state index contributed by atoms with van der Waals surface area (Å²) in [5.41, 5.74) is -0.497. The topological polar surface area (TPSA) is 114 Å². The summed E-state index contributed by atoms with van der Waals surface area (Å²) in [6.45, 7) is 2.04. The Labute approximate surface area is 223 Å². The number of nitrogens with zero attached hydrogens (tertiary/aromatic N) is 4. The second-order valence-electron chi connectivity index (χ2n) is 8.69. The van der Waals surface area contributed by atoms with E-state index in [9.17, 15) is 37.9 Å².